The van der Waals surface area contributed by atoms with Crippen molar-refractivity contribution in [2.45, 2.75) is 50.7 Å². The molecule has 2 N–H and O–H groups in total. The van der Waals surface area contributed by atoms with Crippen molar-refractivity contribution in [2.24, 2.45) is 0 Å². The Morgan fingerprint density at radius 3 is 2.79 bits per heavy atom. The van der Waals surface area contributed by atoms with Gasteiger partial charge in [-0.15, -0.1) is 10.2 Å². The van der Waals surface area contributed by atoms with Gasteiger partial charge in [-0.3, -0.25) is 5.10 Å². The van der Waals surface area contributed by atoms with Gasteiger partial charge in [0.1, 0.15) is 11.4 Å². The topological polar surface area (TPSA) is 110 Å². The van der Waals surface area contributed by atoms with E-state index in [1.54, 1.807) is 18.0 Å². The zero-order valence-corrected chi connectivity index (χ0v) is 19.3. The summed E-state index contributed by atoms with van der Waals surface area (Å²) in [4.78, 5) is 2.35. The number of piperidine rings is 1. The van der Waals surface area contributed by atoms with E-state index in [0.717, 1.165) is 52.5 Å². The Labute approximate surface area is 197 Å². The van der Waals surface area contributed by atoms with Gasteiger partial charge in [0.15, 0.2) is 5.82 Å². The largest absolute Gasteiger partial charge is 0.497 e. The Morgan fingerprint density at radius 1 is 1.09 bits per heavy atom. The van der Waals surface area contributed by atoms with Crippen LogP contribution in [-0.2, 0) is 6.54 Å². The maximum absolute atomic E-state index is 5.42. The number of anilines is 1. The summed E-state index contributed by atoms with van der Waals surface area (Å²) in [6.45, 7) is 2.54. The highest BCUT2D eigenvalue weighted by atomic mass is 16.5. The van der Waals surface area contributed by atoms with Crippen LogP contribution in [0.3, 0.4) is 0 Å². The van der Waals surface area contributed by atoms with Crippen molar-refractivity contribution in [3.63, 3.8) is 0 Å². The molecule has 3 aromatic heterocycles. The van der Waals surface area contributed by atoms with Gasteiger partial charge in [0.25, 0.3) is 0 Å². The van der Waals surface area contributed by atoms with Gasteiger partial charge in [-0.2, -0.15) is 10.2 Å². The van der Waals surface area contributed by atoms with E-state index in [9.17, 15) is 0 Å². The van der Waals surface area contributed by atoms with Crippen LogP contribution in [0.5, 0.6) is 5.75 Å². The predicted molar refractivity (Wildman–Crippen MR) is 129 cm³/mol. The first-order valence-corrected chi connectivity index (χ1v) is 12.0. The second kappa shape index (κ2) is 9.02. The molecule has 10 nitrogen and oxygen atoms in total. The lowest BCUT2D eigenvalue weighted by Crippen LogP contribution is -2.51. The number of H-pyrrole nitrogens is 1. The van der Waals surface area contributed by atoms with Gasteiger partial charge in [-0.1, -0.05) is 11.6 Å². The average Bonchev–Trinajstić information content (AvgIpc) is 3.51. The maximum Gasteiger partial charge on any atom is 0.151 e. The molecule has 0 bridgehead atoms. The van der Waals surface area contributed by atoms with Gasteiger partial charge in [0.05, 0.1) is 37.3 Å². The van der Waals surface area contributed by atoms with Gasteiger partial charge in [0.2, 0.25) is 0 Å². The third kappa shape index (κ3) is 4.21. The molecular formula is C24H29N9O. The molecule has 4 aromatic rings. The number of hydrogen-bond acceptors (Lipinski definition) is 8. The highest BCUT2D eigenvalue weighted by molar-refractivity contribution is 5.94. The van der Waals surface area contributed by atoms with E-state index < -0.39 is 0 Å². The van der Waals surface area contributed by atoms with E-state index in [1.165, 1.54) is 32.1 Å². The van der Waals surface area contributed by atoms with Gasteiger partial charge >= 0.3 is 0 Å². The van der Waals surface area contributed by atoms with Gasteiger partial charge in [0, 0.05) is 42.2 Å². The number of aromatic nitrogens is 7. The fraction of sp³-hybridized carbons (Fsp3) is 0.458. The first-order valence-electron chi connectivity index (χ1n) is 12.0. The fourth-order valence-electron chi connectivity index (χ4n) is 4.85. The lowest BCUT2D eigenvalue weighted by Gasteiger charge is -2.38. The quantitative estimate of drug-likeness (QED) is 0.434. The smallest absolute Gasteiger partial charge is 0.151 e. The molecule has 176 valence electrons. The molecule has 0 amide bonds. The first-order chi connectivity index (χ1) is 16.7. The normalized spacial score (nSPS) is 18.9. The Hall–Kier alpha value is -3.53. The molecule has 0 spiro atoms. The Morgan fingerprint density at radius 2 is 2.00 bits per heavy atom. The molecule has 2 fully saturated rings. The van der Waals surface area contributed by atoms with E-state index in [-0.39, 0.29) is 0 Å². The average molecular weight is 460 g/mol. The molecule has 1 atom stereocenters. The van der Waals surface area contributed by atoms with Crippen molar-refractivity contribution in [1.29, 1.82) is 0 Å². The lowest BCUT2D eigenvalue weighted by atomic mass is 9.91. The second-order valence-electron chi connectivity index (χ2n) is 9.27. The number of nitrogens with zero attached hydrogens (tertiary/aromatic N) is 7. The van der Waals surface area contributed by atoms with Crippen LogP contribution in [0.1, 0.15) is 37.8 Å². The summed E-state index contributed by atoms with van der Waals surface area (Å²) in [6, 6.07) is 9.24. The molecule has 1 aliphatic heterocycles. The third-order valence-electron chi connectivity index (χ3n) is 6.93. The highest BCUT2D eigenvalue weighted by Crippen LogP contribution is 2.31. The number of fused-ring (bicyclic) bond motifs is 1. The summed E-state index contributed by atoms with van der Waals surface area (Å²) >= 11 is 0. The van der Waals surface area contributed by atoms with E-state index in [0.29, 0.717) is 18.6 Å². The van der Waals surface area contributed by atoms with Crippen LogP contribution in [0.2, 0.25) is 0 Å². The number of methoxy groups -OCH3 is 1. The van der Waals surface area contributed by atoms with Crippen LogP contribution in [0.25, 0.3) is 22.2 Å². The highest BCUT2D eigenvalue weighted by Gasteiger charge is 2.26. The van der Waals surface area contributed by atoms with E-state index in [4.69, 9.17) is 4.74 Å². The number of ether oxygens (including phenoxy) is 1. The summed E-state index contributed by atoms with van der Waals surface area (Å²) < 4.78 is 7.20. The van der Waals surface area contributed by atoms with E-state index >= 15 is 0 Å². The Balaban J connectivity index is 1.14. The zero-order valence-electron chi connectivity index (χ0n) is 19.3. The van der Waals surface area contributed by atoms with Crippen LogP contribution < -0.4 is 15.0 Å². The third-order valence-corrected chi connectivity index (χ3v) is 6.93. The Kier molecular flexibility index (Phi) is 5.58. The molecule has 4 heterocycles. The van der Waals surface area contributed by atoms with Crippen molar-refractivity contribution in [3.8, 4) is 17.0 Å². The van der Waals surface area contributed by atoms with Crippen molar-refractivity contribution in [2.75, 3.05) is 25.1 Å². The van der Waals surface area contributed by atoms with Crippen LogP contribution in [0, 0.1) is 0 Å². The minimum absolute atomic E-state index is 0.505. The molecule has 10 heteroatoms. The summed E-state index contributed by atoms with van der Waals surface area (Å²) in [7, 11) is 1.65. The van der Waals surface area contributed by atoms with Crippen molar-refractivity contribution < 1.29 is 4.74 Å². The predicted octanol–water partition coefficient (Wildman–Crippen LogP) is 2.78. The van der Waals surface area contributed by atoms with Gasteiger partial charge < -0.3 is 15.0 Å². The summed E-state index contributed by atoms with van der Waals surface area (Å²) in [5, 5.41) is 29.6. The second-order valence-corrected chi connectivity index (χ2v) is 9.27. The molecule has 2 aliphatic rings. The molecule has 6 rings (SSSR count). The van der Waals surface area contributed by atoms with E-state index in [2.05, 4.69) is 47.0 Å². The summed E-state index contributed by atoms with van der Waals surface area (Å²) in [5.74, 6) is 1.69. The molecular weight excluding hydrogens is 430 g/mol. The zero-order chi connectivity index (χ0) is 22.9. The number of nitrogens with one attached hydrogen (secondary N) is 2. The summed E-state index contributed by atoms with van der Waals surface area (Å²) in [6.07, 6.45) is 10.1. The molecule has 1 saturated carbocycles. The maximum atomic E-state index is 5.42. The molecule has 1 saturated heterocycles. The minimum atomic E-state index is 0.505. The monoisotopic (exact) mass is 459 g/mol. The number of benzene rings is 1. The molecule has 1 aromatic carbocycles. The van der Waals surface area contributed by atoms with Crippen molar-refractivity contribution >= 4 is 16.7 Å². The standard InChI is InChI=1S/C24H29N9O/c1-34-19-10-20(21-12-25-28-22(21)11-19)23-15-33(31-29-23)14-18-7-8-24(30-27-18)32-9-3-6-17(13-32)26-16-4-2-5-16/h7-8,10-12,15-17,26H,2-6,9,13-14H2,1H3,(H,25,28). The number of rotatable bonds is 7. The SMILES string of the molecule is COc1cc(-c2cn(Cc3ccc(N4CCCC(NC5CCC5)C4)nn3)nn2)c2cn[nH]c2c1. The van der Waals surface area contributed by atoms with Crippen molar-refractivity contribution in [1.82, 2.24) is 40.7 Å². The summed E-state index contributed by atoms with van der Waals surface area (Å²) in [5.41, 5.74) is 3.42. The number of hydrogen-bond donors (Lipinski definition) is 2. The fourth-order valence-corrected chi connectivity index (χ4v) is 4.85. The van der Waals surface area contributed by atoms with E-state index in [1.807, 2.05) is 24.4 Å². The van der Waals surface area contributed by atoms with Gasteiger partial charge in [-0.25, -0.2) is 4.68 Å². The molecule has 1 aliphatic carbocycles. The molecule has 1 unspecified atom stereocenters. The minimum Gasteiger partial charge on any atom is -0.497 e. The first kappa shape index (κ1) is 21.0. The molecule has 0 radical (unpaired) electrons. The van der Waals surface area contributed by atoms with Crippen LogP contribution in [0.15, 0.2) is 36.7 Å². The van der Waals surface area contributed by atoms with Crippen LogP contribution in [-0.4, -0.2) is 67.7 Å². The number of aromatic amines is 1. The lowest BCUT2D eigenvalue weighted by molar-refractivity contribution is 0.284. The van der Waals surface area contributed by atoms with Crippen LogP contribution >= 0.6 is 0 Å². The van der Waals surface area contributed by atoms with Gasteiger partial charge in [-0.05, 0) is 43.9 Å². The van der Waals surface area contributed by atoms with Crippen LogP contribution in [0.4, 0.5) is 5.82 Å². The van der Waals surface area contributed by atoms with Crippen molar-refractivity contribution in [3.05, 3.63) is 42.4 Å². The Bertz CT molecular complexity index is 1260. The molecule has 34 heavy (non-hydrogen) atoms.